The second-order valence-electron chi connectivity index (χ2n) is 7.32. The third kappa shape index (κ3) is 8.48. The van der Waals surface area contributed by atoms with Crippen molar-refractivity contribution in [1.29, 1.82) is 0 Å². The smallest absolute Gasteiger partial charge is 0.191 e. The Balaban J connectivity index is 0.00000392. The van der Waals surface area contributed by atoms with Crippen LogP contribution in [0.1, 0.15) is 25.3 Å². The van der Waals surface area contributed by atoms with Crippen LogP contribution in [0.15, 0.2) is 46.3 Å². The molecule has 2 rings (SSSR count). The van der Waals surface area contributed by atoms with E-state index in [-0.39, 0.29) is 24.0 Å². The van der Waals surface area contributed by atoms with Gasteiger partial charge in [-0.05, 0) is 43.9 Å². The van der Waals surface area contributed by atoms with E-state index in [2.05, 4.69) is 34.0 Å². The normalized spacial score (nSPS) is 16.3. The van der Waals surface area contributed by atoms with Crippen molar-refractivity contribution in [2.75, 3.05) is 39.5 Å². The third-order valence-electron chi connectivity index (χ3n) is 4.70. The summed E-state index contributed by atoms with van der Waals surface area (Å²) in [5.41, 5.74) is 2.31. The van der Waals surface area contributed by atoms with E-state index in [9.17, 15) is 8.42 Å². The lowest BCUT2D eigenvalue weighted by Gasteiger charge is -2.33. The number of piperidine rings is 1. The molecule has 0 bridgehead atoms. The van der Waals surface area contributed by atoms with Crippen LogP contribution in [0.2, 0.25) is 0 Å². The fourth-order valence-electron chi connectivity index (χ4n) is 3.23. The fraction of sp³-hybridized carbons (Fsp3) is 0.550. The average molecular weight is 520 g/mol. The maximum atomic E-state index is 11.5. The molecule has 1 aliphatic rings. The molecule has 1 aromatic carbocycles. The van der Waals surface area contributed by atoms with Crippen LogP contribution in [0.5, 0.6) is 0 Å². The van der Waals surface area contributed by atoms with Crippen LogP contribution in [-0.2, 0) is 16.3 Å². The molecule has 0 saturated carbocycles. The molecule has 8 heteroatoms. The van der Waals surface area contributed by atoms with Crippen molar-refractivity contribution in [2.45, 2.75) is 37.1 Å². The molecule has 0 radical (unpaired) electrons. The first kappa shape index (κ1) is 24.9. The summed E-state index contributed by atoms with van der Waals surface area (Å²) in [7, 11) is -1.35. The topological polar surface area (TPSA) is 73.8 Å². The largest absolute Gasteiger partial charge is 0.356 e. The highest BCUT2D eigenvalue weighted by Crippen LogP contribution is 2.12. The Morgan fingerprint density at radius 3 is 2.36 bits per heavy atom. The number of nitrogens with one attached hydrogen (secondary N) is 2. The van der Waals surface area contributed by atoms with Crippen molar-refractivity contribution in [3.8, 4) is 0 Å². The van der Waals surface area contributed by atoms with Gasteiger partial charge in [-0.1, -0.05) is 24.3 Å². The van der Waals surface area contributed by atoms with Gasteiger partial charge in [0.05, 0.1) is 4.90 Å². The van der Waals surface area contributed by atoms with Gasteiger partial charge >= 0.3 is 0 Å². The predicted octanol–water partition coefficient (Wildman–Crippen LogP) is 2.46. The van der Waals surface area contributed by atoms with Gasteiger partial charge in [-0.3, -0.25) is 9.89 Å². The van der Waals surface area contributed by atoms with Gasteiger partial charge in [-0.15, -0.1) is 24.0 Å². The highest BCUT2D eigenvalue weighted by atomic mass is 127. The number of hydrogen-bond acceptors (Lipinski definition) is 4. The Hall–Kier alpha value is -1.13. The number of benzene rings is 1. The Bertz CT molecular complexity index is 755. The number of guanidine groups is 1. The highest BCUT2D eigenvalue weighted by Gasteiger charge is 2.19. The Morgan fingerprint density at radius 1 is 1.25 bits per heavy atom. The SMILES string of the molecule is C=C(C)CN1CCC(NC(=NC)NCCc2ccc(S(C)(=O)=O)cc2)CC1.I. The second-order valence-corrected chi connectivity index (χ2v) is 9.33. The molecule has 1 aromatic rings. The second kappa shape index (κ2) is 11.8. The Morgan fingerprint density at radius 2 is 1.86 bits per heavy atom. The Kier molecular flexibility index (Phi) is 10.5. The van der Waals surface area contributed by atoms with Crippen molar-refractivity contribution in [3.05, 3.63) is 42.0 Å². The summed E-state index contributed by atoms with van der Waals surface area (Å²) in [6.07, 6.45) is 4.23. The molecule has 1 fully saturated rings. The van der Waals surface area contributed by atoms with Crippen LogP contribution in [-0.4, -0.2) is 64.8 Å². The molecule has 28 heavy (non-hydrogen) atoms. The summed E-state index contributed by atoms with van der Waals surface area (Å²) in [6.45, 7) is 9.94. The maximum Gasteiger partial charge on any atom is 0.191 e. The minimum atomic E-state index is -3.14. The van der Waals surface area contributed by atoms with Gasteiger partial charge in [0.2, 0.25) is 0 Å². The Labute approximate surface area is 186 Å². The summed E-state index contributed by atoms with van der Waals surface area (Å²) in [5, 5.41) is 6.85. The van der Waals surface area contributed by atoms with Crippen LogP contribution in [0.4, 0.5) is 0 Å². The first-order chi connectivity index (χ1) is 12.8. The lowest BCUT2D eigenvalue weighted by Crippen LogP contribution is -2.49. The molecule has 2 N–H and O–H groups in total. The lowest BCUT2D eigenvalue weighted by molar-refractivity contribution is 0.221. The van der Waals surface area contributed by atoms with Crippen molar-refractivity contribution in [3.63, 3.8) is 0 Å². The van der Waals surface area contributed by atoms with Crippen LogP contribution < -0.4 is 10.6 Å². The molecule has 158 valence electrons. The van der Waals surface area contributed by atoms with Crippen LogP contribution in [0.3, 0.4) is 0 Å². The van der Waals surface area contributed by atoms with Gasteiger partial charge in [-0.25, -0.2) is 8.42 Å². The van der Waals surface area contributed by atoms with E-state index in [0.717, 1.165) is 57.0 Å². The minimum absolute atomic E-state index is 0. The van der Waals surface area contributed by atoms with E-state index in [1.165, 1.54) is 11.8 Å². The monoisotopic (exact) mass is 520 g/mol. The average Bonchev–Trinajstić information content (AvgIpc) is 2.61. The molecular formula is C20H33IN4O2S. The summed E-state index contributed by atoms with van der Waals surface area (Å²) >= 11 is 0. The van der Waals surface area contributed by atoms with Gasteiger partial charge in [-0.2, -0.15) is 0 Å². The van der Waals surface area contributed by atoms with Crippen LogP contribution >= 0.6 is 24.0 Å². The first-order valence-corrected chi connectivity index (χ1v) is 11.3. The van der Waals surface area contributed by atoms with E-state index in [4.69, 9.17) is 0 Å². The molecule has 0 spiro atoms. The molecular weight excluding hydrogens is 487 g/mol. The molecule has 0 amide bonds. The van der Waals surface area contributed by atoms with Crippen molar-refractivity contribution in [1.82, 2.24) is 15.5 Å². The third-order valence-corrected chi connectivity index (χ3v) is 5.83. The van der Waals surface area contributed by atoms with E-state index in [1.807, 2.05) is 12.1 Å². The molecule has 1 heterocycles. The zero-order chi connectivity index (χ0) is 19.9. The fourth-order valence-corrected chi connectivity index (χ4v) is 3.86. The predicted molar refractivity (Wildman–Crippen MR) is 127 cm³/mol. The highest BCUT2D eigenvalue weighted by molar-refractivity contribution is 14.0. The summed E-state index contributed by atoms with van der Waals surface area (Å²) in [5.74, 6) is 0.820. The maximum absolute atomic E-state index is 11.5. The van der Waals surface area contributed by atoms with Crippen LogP contribution in [0.25, 0.3) is 0 Å². The summed E-state index contributed by atoms with van der Waals surface area (Å²) < 4.78 is 23.0. The van der Waals surface area contributed by atoms with Gasteiger partial charge < -0.3 is 10.6 Å². The zero-order valence-corrected chi connectivity index (χ0v) is 20.2. The number of sulfone groups is 1. The molecule has 6 nitrogen and oxygen atoms in total. The molecule has 1 aliphatic heterocycles. The van der Waals surface area contributed by atoms with Gasteiger partial charge in [0.15, 0.2) is 15.8 Å². The van der Waals surface area contributed by atoms with Gasteiger partial charge in [0, 0.05) is 45.5 Å². The van der Waals surface area contributed by atoms with Crippen molar-refractivity contribution in [2.24, 2.45) is 4.99 Å². The first-order valence-electron chi connectivity index (χ1n) is 9.41. The molecule has 0 atom stereocenters. The molecule has 1 saturated heterocycles. The summed E-state index contributed by atoms with van der Waals surface area (Å²) in [6, 6.07) is 7.50. The molecule has 0 aromatic heterocycles. The molecule has 0 aliphatic carbocycles. The number of aliphatic imine (C=N–C) groups is 1. The van der Waals surface area contributed by atoms with E-state index in [0.29, 0.717) is 10.9 Å². The lowest BCUT2D eigenvalue weighted by atomic mass is 10.0. The van der Waals surface area contributed by atoms with Gasteiger partial charge in [0.1, 0.15) is 0 Å². The number of likely N-dealkylation sites (tertiary alicyclic amines) is 1. The van der Waals surface area contributed by atoms with Crippen molar-refractivity contribution >= 4 is 39.8 Å². The van der Waals surface area contributed by atoms with Gasteiger partial charge in [0.25, 0.3) is 0 Å². The van der Waals surface area contributed by atoms with Crippen molar-refractivity contribution < 1.29 is 8.42 Å². The number of rotatable bonds is 7. The molecule has 0 unspecified atom stereocenters. The number of hydrogen-bond donors (Lipinski definition) is 2. The van der Waals surface area contributed by atoms with E-state index in [1.54, 1.807) is 19.2 Å². The number of halogens is 1. The van der Waals surface area contributed by atoms with E-state index >= 15 is 0 Å². The quantitative estimate of drug-likeness (QED) is 0.250. The summed E-state index contributed by atoms with van der Waals surface area (Å²) in [4.78, 5) is 7.11. The van der Waals surface area contributed by atoms with Crippen LogP contribution in [0, 0.1) is 0 Å². The standard InChI is InChI=1S/C20H32N4O2S.HI/c1-16(2)15-24-13-10-18(11-14-24)23-20(21-3)22-12-9-17-5-7-19(8-6-17)27(4,25)26;/h5-8,18H,1,9-15H2,2-4H3,(H2,21,22,23);1H. The minimum Gasteiger partial charge on any atom is -0.356 e. The van der Waals surface area contributed by atoms with E-state index < -0.39 is 9.84 Å². The number of nitrogens with zero attached hydrogens (tertiary/aromatic N) is 2. The zero-order valence-electron chi connectivity index (χ0n) is 17.1.